The summed E-state index contributed by atoms with van der Waals surface area (Å²) in [5.74, 6) is 0.421. The van der Waals surface area contributed by atoms with Gasteiger partial charge >= 0.3 is 0 Å². The molecular weight excluding hydrogens is 394 g/mol. The van der Waals surface area contributed by atoms with Crippen molar-refractivity contribution >= 4 is 37.5 Å². The number of halogens is 2. The topological polar surface area (TPSA) is 70.2 Å². The maximum atomic E-state index is 10.8. The molecule has 2 aromatic rings. The van der Waals surface area contributed by atoms with E-state index < -0.39 is 4.92 Å². The number of hydrogen-bond acceptors (Lipinski definition) is 4. The van der Waals surface area contributed by atoms with Crippen LogP contribution >= 0.6 is 31.9 Å². The van der Waals surface area contributed by atoms with Crippen molar-refractivity contribution in [2.45, 2.75) is 13.5 Å². The van der Waals surface area contributed by atoms with Gasteiger partial charge in [-0.25, -0.2) is 0 Å². The summed E-state index contributed by atoms with van der Waals surface area (Å²) in [6.45, 7) is 2.15. The number of hydrogen-bond donors (Lipinski definition) is 0. The summed E-state index contributed by atoms with van der Waals surface area (Å²) in [4.78, 5) is 10.3. The molecule has 6 nitrogen and oxygen atoms in total. The van der Waals surface area contributed by atoms with Crippen molar-refractivity contribution in [1.29, 1.82) is 0 Å². The summed E-state index contributed by atoms with van der Waals surface area (Å²) in [7, 11) is 1.82. The first kappa shape index (κ1) is 15.0. The van der Waals surface area contributed by atoms with E-state index in [1.165, 1.54) is 12.1 Å². The zero-order chi connectivity index (χ0) is 14.9. The average Bonchev–Trinajstić information content (AvgIpc) is 2.63. The van der Waals surface area contributed by atoms with Crippen molar-refractivity contribution in [1.82, 2.24) is 9.78 Å². The molecule has 106 valence electrons. The molecule has 0 radical (unpaired) electrons. The first-order valence-electron chi connectivity index (χ1n) is 5.65. The van der Waals surface area contributed by atoms with Crippen molar-refractivity contribution in [3.05, 3.63) is 48.6 Å². The summed E-state index contributed by atoms with van der Waals surface area (Å²) in [5, 5.41) is 15.0. The maximum absolute atomic E-state index is 10.8. The van der Waals surface area contributed by atoms with Gasteiger partial charge in [-0.15, -0.1) is 0 Å². The summed E-state index contributed by atoms with van der Waals surface area (Å²) in [5.41, 5.74) is 1.72. The molecule has 0 aliphatic heterocycles. The highest BCUT2D eigenvalue weighted by atomic mass is 79.9. The molecule has 1 aromatic heterocycles. The fourth-order valence-electron chi connectivity index (χ4n) is 1.70. The number of aromatic nitrogens is 2. The molecular formula is C12H11Br2N3O3. The molecule has 0 bridgehead atoms. The minimum atomic E-state index is -0.455. The standard InChI is InChI=1S/C12H11Br2N3O3/c1-7-12(14)10(16(2)15-7)6-20-11-5-8(17(18)19)3-4-9(11)13/h3-5H,6H2,1-2H3. The molecule has 0 fully saturated rings. The maximum Gasteiger partial charge on any atom is 0.273 e. The zero-order valence-electron chi connectivity index (χ0n) is 10.8. The van der Waals surface area contributed by atoms with Gasteiger partial charge in [0.2, 0.25) is 0 Å². The number of ether oxygens (including phenoxy) is 1. The van der Waals surface area contributed by atoms with Crippen LogP contribution in [0.25, 0.3) is 0 Å². The molecule has 0 spiro atoms. The first-order chi connectivity index (χ1) is 9.40. The monoisotopic (exact) mass is 403 g/mol. The van der Waals surface area contributed by atoms with Crippen molar-refractivity contribution < 1.29 is 9.66 Å². The lowest BCUT2D eigenvalue weighted by Gasteiger charge is -2.08. The van der Waals surface area contributed by atoms with Crippen molar-refractivity contribution in [2.75, 3.05) is 0 Å². The van der Waals surface area contributed by atoms with Crippen LogP contribution in [0.3, 0.4) is 0 Å². The molecule has 0 aliphatic carbocycles. The third kappa shape index (κ3) is 3.01. The van der Waals surface area contributed by atoms with Crippen molar-refractivity contribution in [2.24, 2.45) is 7.05 Å². The Kier molecular flexibility index (Phi) is 4.44. The average molecular weight is 405 g/mol. The Hall–Kier alpha value is -1.41. The molecule has 8 heteroatoms. The van der Waals surface area contributed by atoms with E-state index >= 15 is 0 Å². The number of aryl methyl sites for hydroxylation is 2. The minimum absolute atomic E-state index is 0.0107. The van der Waals surface area contributed by atoms with Gasteiger partial charge in [0.15, 0.2) is 0 Å². The molecule has 20 heavy (non-hydrogen) atoms. The van der Waals surface area contributed by atoms with E-state index in [9.17, 15) is 10.1 Å². The fraction of sp³-hybridized carbons (Fsp3) is 0.250. The molecule has 1 aromatic carbocycles. The number of nitro benzene ring substituents is 1. The van der Waals surface area contributed by atoms with E-state index in [0.29, 0.717) is 10.2 Å². The van der Waals surface area contributed by atoms with Crippen LogP contribution < -0.4 is 4.74 Å². The lowest BCUT2D eigenvalue weighted by molar-refractivity contribution is -0.385. The quantitative estimate of drug-likeness (QED) is 0.574. The smallest absolute Gasteiger partial charge is 0.273 e. The third-order valence-electron chi connectivity index (χ3n) is 2.75. The highest BCUT2D eigenvalue weighted by molar-refractivity contribution is 9.10. The highest BCUT2D eigenvalue weighted by Gasteiger charge is 2.14. The molecule has 0 unspecified atom stereocenters. The predicted molar refractivity (Wildman–Crippen MR) is 80.8 cm³/mol. The summed E-state index contributed by atoms with van der Waals surface area (Å²) in [6, 6.07) is 4.40. The lowest BCUT2D eigenvalue weighted by Crippen LogP contribution is -2.04. The van der Waals surface area contributed by atoms with Crippen LogP contribution in [0.1, 0.15) is 11.4 Å². The minimum Gasteiger partial charge on any atom is -0.486 e. The highest BCUT2D eigenvalue weighted by Crippen LogP contribution is 2.30. The van der Waals surface area contributed by atoms with Crippen LogP contribution in [0.15, 0.2) is 27.1 Å². The summed E-state index contributed by atoms with van der Waals surface area (Å²) < 4.78 is 8.90. The van der Waals surface area contributed by atoms with E-state index in [1.54, 1.807) is 10.7 Å². The van der Waals surface area contributed by atoms with Crippen molar-refractivity contribution in [3.63, 3.8) is 0 Å². The number of nitrogens with zero attached hydrogens (tertiary/aromatic N) is 3. The molecule has 0 saturated heterocycles. The number of nitro groups is 1. The SMILES string of the molecule is Cc1nn(C)c(COc2cc([N+](=O)[O-])ccc2Br)c1Br. The van der Waals surface area contributed by atoms with Gasteiger partial charge < -0.3 is 4.74 Å². The van der Waals surface area contributed by atoms with Gasteiger partial charge in [-0.1, -0.05) is 0 Å². The van der Waals surface area contributed by atoms with Crippen molar-refractivity contribution in [3.8, 4) is 5.75 Å². The fourth-order valence-corrected chi connectivity index (χ4v) is 2.51. The Morgan fingerprint density at radius 2 is 2.15 bits per heavy atom. The Balaban J connectivity index is 2.22. The first-order valence-corrected chi connectivity index (χ1v) is 7.23. The second-order valence-electron chi connectivity index (χ2n) is 4.13. The zero-order valence-corrected chi connectivity index (χ0v) is 13.9. The van der Waals surface area contributed by atoms with E-state index in [0.717, 1.165) is 15.9 Å². The summed E-state index contributed by atoms with van der Waals surface area (Å²) in [6.07, 6.45) is 0. The predicted octanol–water partition coefficient (Wildman–Crippen LogP) is 3.74. The number of non-ortho nitro benzene ring substituents is 1. The Morgan fingerprint density at radius 3 is 2.70 bits per heavy atom. The van der Waals surface area contributed by atoms with Crippen LogP contribution in [0.4, 0.5) is 5.69 Å². The molecule has 0 amide bonds. The largest absolute Gasteiger partial charge is 0.486 e. The van der Waals surface area contributed by atoms with Gasteiger partial charge in [-0.3, -0.25) is 14.8 Å². The molecule has 1 heterocycles. The molecule has 0 N–H and O–H groups in total. The number of benzene rings is 1. The summed E-state index contributed by atoms with van der Waals surface area (Å²) >= 11 is 6.76. The van der Waals surface area contributed by atoms with Crippen LogP contribution in [-0.2, 0) is 13.7 Å². The second kappa shape index (κ2) is 5.92. The molecule has 0 atom stereocenters. The van der Waals surface area contributed by atoms with E-state index in [2.05, 4.69) is 37.0 Å². The molecule has 2 rings (SSSR count). The van der Waals surface area contributed by atoms with Gasteiger partial charge in [0.1, 0.15) is 12.4 Å². The van der Waals surface area contributed by atoms with Gasteiger partial charge in [0.25, 0.3) is 5.69 Å². The van der Waals surface area contributed by atoms with Gasteiger partial charge in [-0.05, 0) is 44.8 Å². The lowest BCUT2D eigenvalue weighted by atomic mass is 10.3. The van der Waals surface area contributed by atoms with E-state index in [4.69, 9.17) is 4.74 Å². The van der Waals surface area contributed by atoms with Crippen LogP contribution in [0, 0.1) is 17.0 Å². The van der Waals surface area contributed by atoms with Crippen LogP contribution in [0.2, 0.25) is 0 Å². The van der Waals surface area contributed by atoms with Gasteiger partial charge in [0.05, 0.1) is 31.3 Å². The Morgan fingerprint density at radius 1 is 1.45 bits per heavy atom. The Labute approximate surface area is 132 Å². The molecule has 0 aliphatic rings. The van der Waals surface area contributed by atoms with E-state index in [-0.39, 0.29) is 12.3 Å². The normalized spacial score (nSPS) is 10.6. The third-order valence-corrected chi connectivity index (χ3v) is 4.44. The van der Waals surface area contributed by atoms with Crippen LogP contribution in [-0.4, -0.2) is 14.7 Å². The van der Waals surface area contributed by atoms with E-state index in [1.807, 2.05) is 14.0 Å². The van der Waals surface area contributed by atoms with Gasteiger partial charge in [-0.2, -0.15) is 5.10 Å². The number of rotatable bonds is 4. The Bertz CT molecular complexity index is 670. The van der Waals surface area contributed by atoms with Gasteiger partial charge in [0, 0.05) is 13.1 Å². The molecule has 0 saturated carbocycles. The van der Waals surface area contributed by atoms with Crippen LogP contribution in [0.5, 0.6) is 5.75 Å². The second-order valence-corrected chi connectivity index (χ2v) is 5.78.